The molecule has 0 aliphatic heterocycles. The van der Waals surface area contributed by atoms with Crippen LogP contribution in [0.3, 0.4) is 0 Å². The molecule has 0 radical (unpaired) electrons. The number of allylic oxidation sites excluding steroid dienone is 1. The minimum atomic E-state index is 0.378. The van der Waals surface area contributed by atoms with Gasteiger partial charge in [-0.25, -0.2) is 15.0 Å². The summed E-state index contributed by atoms with van der Waals surface area (Å²) < 4.78 is 8.99. The third-order valence-corrected chi connectivity index (χ3v) is 11.3. The van der Waals surface area contributed by atoms with Gasteiger partial charge in [0.05, 0.1) is 5.52 Å². The van der Waals surface area contributed by atoms with E-state index in [0.29, 0.717) is 23.4 Å². The lowest BCUT2D eigenvalue weighted by atomic mass is 9.93. The summed E-state index contributed by atoms with van der Waals surface area (Å²) in [6.07, 6.45) is 5.61. The van der Waals surface area contributed by atoms with Crippen LogP contribution in [0, 0.1) is 0 Å². The molecule has 1 unspecified atom stereocenters. The lowest BCUT2D eigenvalue weighted by Gasteiger charge is -2.21. The van der Waals surface area contributed by atoms with Crippen LogP contribution in [0.2, 0.25) is 0 Å². The highest BCUT2D eigenvalue weighted by atomic mass is 16.3. The van der Waals surface area contributed by atoms with Crippen LogP contribution in [-0.2, 0) is 0 Å². The first kappa shape index (κ1) is 33.0. The molecule has 0 bridgehead atoms. The Morgan fingerprint density at radius 1 is 0.509 bits per heavy atom. The molecule has 0 spiro atoms. The maximum atomic E-state index is 6.53. The molecule has 3 aromatic heterocycles. The zero-order valence-corrected chi connectivity index (χ0v) is 31.3. The first-order chi connectivity index (χ1) is 28.2. The molecule has 0 N–H and O–H groups in total. The number of benzene rings is 7. The monoisotopic (exact) mass is 732 g/mol. The van der Waals surface area contributed by atoms with Crippen LogP contribution in [0.5, 0.6) is 0 Å². The molecule has 5 heteroatoms. The summed E-state index contributed by atoms with van der Waals surface area (Å²) in [5.41, 5.74) is 13.7. The number of nitrogens with zero attached hydrogens (tertiary/aromatic N) is 4. The van der Waals surface area contributed by atoms with E-state index in [-0.39, 0.29) is 0 Å². The first-order valence-electron chi connectivity index (χ1n) is 19.5. The summed E-state index contributed by atoms with van der Waals surface area (Å²) >= 11 is 0. The maximum Gasteiger partial charge on any atom is 0.164 e. The van der Waals surface area contributed by atoms with Gasteiger partial charge in [0, 0.05) is 55.7 Å². The van der Waals surface area contributed by atoms with Crippen LogP contribution in [0.4, 0.5) is 0 Å². The lowest BCUT2D eigenvalue weighted by molar-refractivity contribution is 0.669. The van der Waals surface area contributed by atoms with Gasteiger partial charge in [-0.3, -0.25) is 0 Å². The van der Waals surface area contributed by atoms with E-state index in [1.54, 1.807) is 0 Å². The molecule has 0 amide bonds. The fourth-order valence-corrected chi connectivity index (χ4v) is 8.60. The van der Waals surface area contributed by atoms with Crippen molar-refractivity contribution in [3.8, 4) is 62.1 Å². The number of furan rings is 1. The van der Waals surface area contributed by atoms with Gasteiger partial charge < -0.3 is 8.98 Å². The fourth-order valence-electron chi connectivity index (χ4n) is 8.60. The van der Waals surface area contributed by atoms with Crippen molar-refractivity contribution in [1.29, 1.82) is 0 Å². The number of para-hydroxylation sites is 1. The van der Waals surface area contributed by atoms with Crippen LogP contribution in [0.25, 0.3) is 101 Å². The Morgan fingerprint density at radius 3 is 1.98 bits per heavy atom. The highest BCUT2D eigenvalue weighted by molar-refractivity contribution is 6.12. The molecule has 57 heavy (non-hydrogen) atoms. The Morgan fingerprint density at radius 2 is 1.19 bits per heavy atom. The fraction of sp³-hybridized carbons (Fsp3) is 0.0577. The van der Waals surface area contributed by atoms with Crippen molar-refractivity contribution in [1.82, 2.24) is 19.5 Å². The lowest BCUT2D eigenvalue weighted by Crippen LogP contribution is -2.07. The molecule has 1 aliphatic rings. The van der Waals surface area contributed by atoms with Gasteiger partial charge in [-0.2, -0.15) is 0 Å². The van der Waals surface area contributed by atoms with Crippen molar-refractivity contribution in [3.63, 3.8) is 0 Å². The van der Waals surface area contributed by atoms with Gasteiger partial charge in [0.1, 0.15) is 11.2 Å². The molecule has 0 saturated carbocycles. The Hall–Kier alpha value is -7.37. The van der Waals surface area contributed by atoms with Crippen LogP contribution >= 0.6 is 0 Å². The maximum absolute atomic E-state index is 6.53. The molecule has 270 valence electrons. The molecule has 5 nitrogen and oxygen atoms in total. The molecule has 1 atom stereocenters. The van der Waals surface area contributed by atoms with Crippen LogP contribution in [0.15, 0.2) is 180 Å². The van der Waals surface area contributed by atoms with Crippen molar-refractivity contribution in [2.75, 3.05) is 0 Å². The number of fused-ring (bicyclic) bond motifs is 6. The summed E-state index contributed by atoms with van der Waals surface area (Å²) in [6.45, 7) is 2.33. The van der Waals surface area contributed by atoms with Gasteiger partial charge in [0.2, 0.25) is 0 Å². The molecule has 7 aromatic carbocycles. The van der Waals surface area contributed by atoms with E-state index in [0.717, 1.165) is 73.0 Å². The van der Waals surface area contributed by atoms with Gasteiger partial charge in [0.15, 0.2) is 17.5 Å². The molecule has 0 fully saturated rings. The van der Waals surface area contributed by atoms with Crippen molar-refractivity contribution in [2.45, 2.75) is 19.3 Å². The van der Waals surface area contributed by atoms with Crippen LogP contribution < -0.4 is 0 Å². The van der Waals surface area contributed by atoms with E-state index < -0.39 is 0 Å². The molecule has 3 heterocycles. The van der Waals surface area contributed by atoms with Gasteiger partial charge in [-0.1, -0.05) is 146 Å². The summed E-state index contributed by atoms with van der Waals surface area (Å²) in [5, 5.41) is 3.27. The Balaban J connectivity index is 1.14. The summed E-state index contributed by atoms with van der Waals surface area (Å²) in [5.74, 6) is 2.19. The van der Waals surface area contributed by atoms with E-state index in [4.69, 9.17) is 19.4 Å². The smallest absolute Gasteiger partial charge is 0.164 e. The Kier molecular flexibility index (Phi) is 7.78. The topological polar surface area (TPSA) is 56.7 Å². The predicted octanol–water partition coefficient (Wildman–Crippen LogP) is 13.6. The minimum Gasteiger partial charge on any atom is -0.456 e. The molecule has 1 aliphatic carbocycles. The van der Waals surface area contributed by atoms with E-state index in [9.17, 15) is 0 Å². The van der Waals surface area contributed by atoms with E-state index in [1.807, 2.05) is 36.4 Å². The SMILES string of the molecule is CC1CC=Cc2c1n(-c1ccc(-c3nc(-c4ccccc4)nc(-c4cccc5oc6cc(-c7ccccc7)ccc6c45)n3)c(-c3ccccc3)c1)c1ccccc21. The molecule has 10 aromatic rings. The van der Waals surface area contributed by atoms with Crippen LogP contribution in [-0.4, -0.2) is 19.5 Å². The predicted molar refractivity (Wildman–Crippen MR) is 233 cm³/mol. The standard InChI is InChI=1S/C52H36N4O/c1-33-15-13-23-40-39-22-11-12-25-45(39)56(49(33)40)38-28-30-41(44(32-38)35-18-7-3-8-19-35)51-53-50(36-20-9-4-10-21-36)54-52(55-51)43-24-14-26-46-48(43)42-29-27-37(31-47(42)57-46)34-16-5-2-6-17-34/h2-14,16-33H,15H2,1H3. The van der Waals surface area contributed by atoms with Gasteiger partial charge >= 0.3 is 0 Å². The Labute approximate surface area is 330 Å². The second kappa shape index (κ2) is 13.4. The molecule has 11 rings (SSSR count). The van der Waals surface area contributed by atoms with Gasteiger partial charge in [-0.05, 0) is 71.1 Å². The highest BCUT2D eigenvalue weighted by Gasteiger charge is 2.25. The quantitative estimate of drug-likeness (QED) is 0.171. The minimum absolute atomic E-state index is 0.378. The van der Waals surface area contributed by atoms with Crippen molar-refractivity contribution >= 4 is 38.9 Å². The number of aromatic nitrogens is 4. The van der Waals surface area contributed by atoms with E-state index >= 15 is 0 Å². The third kappa shape index (κ3) is 5.58. The second-order valence-electron chi connectivity index (χ2n) is 14.8. The first-order valence-corrected chi connectivity index (χ1v) is 19.5. The van der Waals surface area contributed by atoms with Crippen molar-refractivity contribution in [2.24, 2.45) is 0 Å². The number of hydrogen-bond donors (Lipinski definition) is 0. The summed E-state index contributed by atoms with van der Waals surface area (Å²) in [7, 11) is 0. The summed E-state index contributed by atoms with van der Waals surface area (Å²) in [4.78, 5) is 15.7. The summed E-state index contributed by atoms with van der Waals surface area (Å²) in [6, 6.07) is 59.2. The number of hydrogen-bond acceptors (Lipinski definition) is 4. The van der Waals surface area contributed by atoms with Crippen molar-refractivity contribution < 1.29 is 4.42 Å². The van der Waals surface area contributed by atoms with Crippen LogP contribution in [0.1, 0.15) is 30.5 Å². The second-order valence-corrected chi connectivity index (χ2v) is 14.8. The Bertz CT molecular complexity index is 3160. The van der Waals surface area contributed by atoms with Crippen molar-refractivity contribution in [3.05, 3.63) is 187 Å². The van der Waals surface area contributed by atoms with Gasteiger partial charge in [-0.15, -0.1) is 0 Å². The zero-order valence-electron chi connectivity index (χ0n) is 31.3. The highest BCUT2D eigenvalue weighted by Crippen LogP contribution is 2.42. The van der Waals surface area contributed by atoms with E-state index in [1.165, 1.54) is 22.2 Å². The molecular weight excluding hydrogens is 697 g/mol. The average molecular weight is 733 g/mol. The van der Waals surface area contributed by atoms with Gasteiger partial charge in [0.25, 0.3) is 0 Å². The zero-order chi connectivity index (χ0) is 37.9. The molecular formula is C52H36N4O. The molecule has 0 saturated heterocycles. The third-order valence-electron chi connectivity index (χ3n) is 11.3. The van der Waals surface area contributed by atoms with E-state index in [2.05, 4.69) is 157 Å². The average Bonchev–Trinajstić information content (AvgIpc) is 3.83. The largest absolute Gasteiger partial charge is 0.456 e. The normalized spacial score (nSPS) is 13.7. The number of rotatable bonds is 6.